The molecular weight excluding hydrogens is 747 g/mol. The molecule has 1 N–H and O–H groups in total. The maximum atomic E-state index is 15.4. The van der Waals surface area contributed by atoms with Gasteiger partial charge in [0.1, 0.15) is 0 Å². The molecule has 0 radical (unpaired) electrons. The average Bonchev–Trinajstić information content (AvgIpc) is 2.92. The topological polar surface area (TPSA) is 114 Å². The van der Waals surface area contributed by atoms with Crippen molar-refractivity contribution in [1.29, 1.82) is 0 Å². The van der Waals surface area contributed by atoms with E-state index in [0.717, 1.165) is 0 Å². The summed E-state index contributed by atoms with van der Waals surface area (Å²) in [6, 6.07) is 0.0357. The molecule has 49 heavy (non-hydrogen) atoms. The number of benzene rings is 1. The molecule has 0 bridgehead atoms. The summed E-state index contributed by atoms with van der Waals surface area (Å²) in [5, 5.41) is 1.27. The highest BCUT2D eigenvalue weighted by molar-refractivity contribution is 6.02. The van der Waals surface area contributed by atoms with Gasteiger partial charge < -0.3 is 10.1 Å². The third-order valence-electron chi connectivity index (χ3n) is 6.04. The number of nitrogens with zero attached hydrogens (tertiary/aromatic N) is 2. The third-order valence-corrected chi connectivity index (χ3v) is 6.04. The number of alkyl halides is 19. The zero-order chi connectivity index (χ0) is 39.2. The number of ether oxygens (including phenoxy) is 1. The number of halogens is 19. The molecule has 0 aliphatic heterocycles. The number of hydrogen-bond donors (Lipinski definition) is 1. The molecular formula is C22H10F19N3O5. The molecule has 27 heteroatoms. The van der Waals surface area contributed by atoms with Gasteiger partial charge in [-0.25, -0.2) is 9.59 Å². The van der Waals surface area contributed by atoms with Crippen LogP contribution in [0.3, 0.4) is 0 Å². The first-order valence-electron chi connectivity index (χ1n) is 11.5. The molecule has 0 aromatic heterocycles. The van der Waals surface area contributed by atoms with Crippen LogP contribution in [0, 0.1) is 6.92 Å². The number of carbonyl (C=O) groups excluding carboxylic acids is 4. The first-order valence-corrected chi connectivity index (χ1v) is 11.5. The minimum Gasteiger partial charge on any atom is -0.445 e. The van der Waals surface area contributed by atoms with Crippen molar-refractivity contribution in [3.05, 3.63) is 22.8 Å². The molecule has 1 amide bonds. The van der Waals surface area contributed by atoms with Crippen LogP contribution in [0.4, 0.5) is 94.8 Å². The van der Waals surface area contributed by atoms with Gasteiger partial charge in [-0.05, 0) is 18.6 Å². The summed E-state index contributed by atoms with van der Waals surface area (Å²) in [6.45, 7) is -0.836. The summed E-state index contributed by atoms with van der Waals surface area (Å²) in [6.07, 6.45) is -7.07. The van der Waals surface area contributed by atoms with Gasteiger partial charge in [-0.3, -0.25) is 9.59 Å². The lowest BCUT2D eigenvalue weighted by molar-refractivity contribution is -0.469. The highest BCUT2D eigenvalue weighted by Gasteiger charge is 2.96. The molecule has 0 saturated carbocycles. The van der Waals surface area contributed by atoms with Crippen molar-refractivity contribution in [2.45, 2.75) is 67.4 Å². The molecule has 0 unspecified atom stereocenters. The predicted molar refractivity (Wildman–Crippen MR) is 115 cm³/mol. The second-order valence-electron chi connectivity index (χ2n) is 9.08. The molecule has 0 heterocycles. The molecule has 0 saturated heterocycles. The van der Waals surface area contributed by atoms with Gasteiger partial charge in [0.15, 0.2) is 6.73 Å². The Bertz CT molecular complexity index is 1580. The van der Waals surface area contributed by atoms with Crippen LogP contribution in [-0.4, -0.2) is 78.4 Å². The standard InChI is InChI=1S/C22H10F19N3O5/c1-7-9(42-4-45)3-10(43-5-46)11(13(48)44-6-49-8(2)47)12(7)14(23,24)15(25,26)16(27,28)17(29,30)18(31,32)19(33,34)20(35,36)21(37,38)22(39,40)41/h3H,6H2,1-2H3,(H,44,48). The van der Waals surface area contributed by atoms with E-state index in [-0.39, 0.29) is 13.0 Å². The number of rotatable bonds is 13. The maximum Gasteiger partial charge on any atom is 0.460 e. The number of isocyanates is 2. The van der Waals surface area contributed by atoms with Crippen LogP contribution >= 0.6 is 0 Å². The molecule has 8 nitrogen and oxygen atoms in total. The van der Waals surface area contributed by atoms with Crippen molar-refractivity contribution in [3.8, 4) is 0 Å². The first-order chi connectivity index (χ1) is 21.6. The van der Waals surface area contributed by atoms with E-state index < -0.39 is 100 Å². The van der Waals surface area contributed by atoms with Gasteiger partial charge in [-0.2, -0.15) is 93.4 Å². The van der Waals surface area contributed by atoms with Crippen molar-refractivity contribution in [1.82, 2.24) is 5.32 Å². The van der Waals surface area contributed by atoms with Gasteiger partial charge in [-0.1, -0.05) is 0 Å². The molecule has 0 aliphatic rings. The lowest BCUT2D eigenvalue weighted by Crippen LogP contribution is -2.75. The maximum absolute atomic E-state index is 15.4. The monoisotopic (exact) mass is 757 g/mol. The normalized spacial score (nSPS) is 14.1. The smallest absolute Gasteiger partial charge is 0.445 e. The van der Waals surface area contributed by atoms with Gasteiger partial charge >= 0.3 is 59.5 Å². The largest absolute Gasteiger partial charge is 0.460 e. The Morgan fingerprint density at radius 3 is 1.39 bits per heavy atom. The van der Waals surface area contributed by atoms with Crippen molar-refractivity contribution >= 4 is 35.4 Å². The Hall–Kier alpha value is -4.41. The Morgan fingerprint density at radius 2 is 1.02 bits per heavy atom. The molecule has 0 spiro atoms. The molecule has 0 aliphatic carbocycles. The molecule has 0 atom stereocenters. The van der Waals surface area contributed by atoms with E-state index in [0.29, 0.717) is 19.1 Å². The van der Waals surface area contributed by atoms with Crippen molar-refractivity contribution in [3.63, 3.8) is 0 Å². The summed E-state index contributed by atoms with van der Waals surface area (Å²) in [7, 11) is 0. The summed E-state index contributed by atoms with van der Waals surface area (Å²) < 4.78 is 268. The highest BCUT2D eigenvalue weighted by atomic mass is 19.4. The Morgan fingerprint density at radius 1 is 0.653 bits per heavy atom. The van der Waals surface area contributed by atoms with Crippen LogP contribution in [0.2, 0.25) is 0 Å². The Balaban J connectivity index is 4.27. The third kappa shape index (κ3) is 6.28. The van der Waals surface area contributed by atoms with E-state index in [2.05, 4.69) is 14.7 Å². The fraction of sp³-hybridized carbons (Fsp3) is 0.545. The number of hydrogen-bond acceptors (Lipinski definition) is 7. The second-order valence-corrected chi connectivity index (χ2v) is 9.08. The van der Waals surface area contributed by atoms with E-state index in [1.807, 2.05) is 0 Å². The lowest BCUT2D eigenvalue weighted by Gasteiger charge is -2.44. The molecule has 1 rings (SSSR count). The van der Waals surface area contributed by atoms with Crippen molar-refractivity contribution < 1.29 is 107 Å². The minimum atomic E-state index is -9.21. The first kappa shape index (κ1) is 42.6. The van der Waals surface area contributed by atoms with Crippen molar-refractivity contribution in [2.75, 3.05) is 6.73 Å². The number of amides is 1. The van der Waals surface area contributed by atoms with E-state index in [1.54, 1.807) is 0 Å². The fourth-order valence-corrected chi connectivity index (χ4v) is 3.49. The van der Waals surface area contributed by atoms with Crippen LogP contribution in [0.25, 0.3) is 0 Å². The fourth-order valence-electron chi connectivity index (χ4n) is 3.49. The summed E-state index contributed by atoms with van der Waals surface area (Å²) in [5.41, 5.74) is -10.8. The predicted octanol–water partition coefficient (Wildman–Crippen LogP) is 7.28. The SMILES string of the molecule is CC(=O)OCNC(=O)c1c(N=C=O)cc(N=C=O)c(C)c1C(F)(F)C(F)(F)C(F)(F)C(F)(F)C(F)(F)C(F)(F)C(F)(F)C(F)(F)C(F)(F)F. The summed E-state index contributed by atoms with van der Waals surface area (Å²) >= 11 is 0. The summed E-state index contributed by atoms with van der Waals surface area (Å²) in [4.78, 5) is 50.0. The van der Waals surface area contributed by atoms with E-state index in [1.165, 1.54) is 5.32 Å². The second kappa shape index (κ2) is 12.8. The summed E-state index contributed by atoms with van der Waals surface area (Å²) in [5.74, 6) is -73.4. The zero-order valence-electron chi connectivity index (χ0n) is 22.9. The Kier molecular flexibility index (Phi) is 11.1. The lowest BCUT2D eigenvalue weighted by atomic mass is 9.83. The van der Waals surface area contributed by atoms with Gasteiger partial charge in [0, 0.05) is 12.5 Å². The molecule has 1 aromatic rings. The number of esters is 1. The van der Waals surface area contributed by atoms with Gasteiger partial charge in [-0.15, -0.1) is 0 Å². The minimum absolute atomic E-state index is 0.00552. The van der Waals surface area contributed by atoms with Gasteiger partial charge in [0.2, 0.25) is 12.2 Å². The number of aliphatic imine (C=N–C) groups is 2. The quantitative estimate of drug-likeness (QED) is 0.0748. The zero-order valence-corrected chi connectivity index (χ0v) is 22.9. The highest BCUT2D eigenvalue weighted by Crippen LogP contribution is 2.66. The van der Waals surface area contributed by atoms with Gasteiger partial charge in [0.25, 0.3) is 5.91 Å². The van der Waals surface area contributed by atoms with E-state index in [9.17, 15) is 93.8 Å². The number of carbonyl (C=O) groups is 2. The molecule has 0 fully saturated rings. The molecule has 1 aromatic carbocycles. The van der Waals surface area contributed by atoms with Crippen LogP contribution in [0.5, 0.6) is 0 Å². The van der Waals surface area contributed by atoms with Crippen LogP contribution in [-0.2, 0) is 25.0 Å². The van der Waals surface area contributed by atoms with Crippen LogP contribution in [0.1, 0.15) is 28.4 Å². The van der Waals surface area contributed by atoms with E-state index >= 15 is 8.78 Å². The van der Waals surface area contributed by atoms with Crippen molar-refractivity contribution in [2.24, 2.45) is 9.98 Å². The average molecular weight is 757 g/mol. The Labute approximate surface area is 256 Å². The van der Waals surface area contributed by atoms with Gasteiger partial charge in [0.05, 0.1) is 16.9 Å². The number of nitrogens with one attached hydrogen (secondary N) is 1. The molecule has 276 valence electrons. The van der Waals surface area contributed by atoms with E-state index in [4.69, 9.17) is 0 Å². The van der Waals surface area contributed by atoms with Crippen LogP contribution < -0.4 is 5.32 Å². The van der Waals surface area contributed by atoms with Crippen LogP contribution in [0.15, 0.2) is 16.1 Å².